The number of hydrogen-bond acceptors (Lipinski definition) is 3. The summed E-state index contributed by atoms with van der Waals surface area (Å²) in [6, 6.07) is 7.32. The molecule has 0 saturated carbocycles. The van der Waals surface area contributed by atoms with Crippen LogP contribution in [0.25, 0.3) is 0 Å². The van der Waals surface area contributed by atoms with Crippen molar-refractivity contribution in [3.8, 4) is 5.75 Å². The SMILES string of the molecule is CNC(=O)[C@H]1CC(=O)N(c2ccccc2OC)C1. The molecule has 0 unspecified atom stereocenters. The Morgan fingerprint density at radius 1 is 1.44 bits per heavy atom. The molecule has 96 valence electrons. The number of amides is 2. The van der Waals surface area contributed by atoms with E-state index in [0.717, 1.165) is 5.69 Å². The van der Waals surface area contributed by atoms with Crippen LogP contribution >= 0.6 is 0 Å². The van der Waals surface area contributed by atoms with E-state index in [1.54, 1.807) is 25.1 Å². The molecule has 0 bridgehead atoms. The first-order chi connectivity index (χ1) is 8.67. The fraction of sp³-hybridized carbons (Fsp3) is 0.385. The zero-order valence-corrected chi connectivity index (χ0v) is 10.5. The molecule has 1 aromatic carbocycles. The van der Waals surface area contributed by atoms with E-state index in [2.05, 4.69) is 5.32 Å². The topological polar surface area (TPSA) is 58.6 Å². The second-order valence-electron chi connectivity index (χ2n) is 4.19. The highest BCUT2D eigenvalue weighted by atomic mass is 16.5. The maximum absolute atomic E-state index is 12.0. The number of hydrogen-bond donors (Lipinski definition) is 1. The second kappa shape index (κ2) is 5.08. The van der Waals surface area contributed by atoms with Crippen LogP contribution in [0.3, 0.4) is 0 Å². The first-order valence-corrected chi connectivity index (χ1v) is 5.82. The normalized spacial score (nSPS) is 18.9. The Hall–Kier alpha value is -2.04. The summed E-state index contributed by atoms with van der Waals surface area (Å²) in [6.07, 6.45) is 0.248. The van der Waals surface area contributed by atoms with Crippen molar-refractivity contribution in [2.24, 2.45) is 5.92 Å². The van der Waals surface area contributed by atoms with Crippen molar-refractivity contribution in [3.05, 3.63) is 24.3 Å². The molecule has 18 heavy (non-hydrogen) atoms. The van der Waals surface area contributed by atoms with Crippen molar-refractivity contribution in [2.75, 3.05) is 25.6 Å². The zero-order valence-electron chi connectivity index (χ0n) is 10.5. The lowest BCUT2D eigenvalue weighted by Crippen LogP contribution is -2.30. The number of nitrogens with one attached hydrogen (secondary N) is 1. The van der Waals surface area contributed by atoms with Crippen LogP contribution < -0.4 is 15.0 Å². The Morgan fingerprint density at radius 2 is 2.17 bits per heavy atom. The molecule has 2 rings (SSSR count). The van der Waals surface area contributed by atoms with E-state index in [1.165, 1.54) is 0 Å². The van der Waals surface area contributed by atoms with Gasteiger partial charge in [-0.3, -0.25) is 9.59 Å². The lowest BCUT2D eigenvalue weighted by molar-refractivity contribution is -0.125. The molecular weight excluding hydrogens is 232 g/mol. The van der Waals surface area contributed by atoms with Crippen molar-refractivity contribution in [2.45, 2.75) is 6.42 Å². The summed E-state index contributed by atoms with van der Waals surface area (Å²) >= 11 is 0. The van der Waals surface area contributed by atoms with Crippen LogP contribution in [0.4, 0.5) is 5.69 Å². The van der Waals surface area contributed by atoms with E-state index in [-0.39, 0.29) is 24.2 Å². The van der Waals surface area contributed by atoms with E-state index < -0.39 is 0 Å². The molecule has 1 aromatic rings. The highest BCUT2D eigenvalue weighted by Crippen LogP contribution is 2.32. The summed E-state index contributed by atoms with van der Waals surface area (Å²) in [6.45, 7) is 0.402. The van der Waals surface area contributed by atoms with Crippen LogP contribution in [0.15, 0.2) is 24.3 Å². The van der Waals surface area contributed by atoms with Gasteiger partial charge in [0, 0.05) is 20.0 Å². The van der Waals surface area contributed by atoms with Crippen LogP contribution in [-0.4, -0.2) is 32.5 Å². The van der Waals surface area contributed by atoms with Crippen LogP contribution in [0.5, 0.6) is 5.75 Å². The number of rotatable bonds is 3. The molecule has 2 amide bonds. The quantitative estimate of drug-likeness (QED) is 0.860. The average molecular weight is 248 g/mol. The van der Waals surface area contributed by atoms with Gasteiger partial charge in [0.2, 0.25) is 11.8 Å². The van der Waals surface area contributed by atoms with E-state index in [1.807, 2.05) is 18.2 Å². The van der Waals surface area contributed by atoms with Gasteiger partial charge in [0.1, 0.15) is 5.75 Å². The minimum atomic E-state index is -0.285. The van der Waals surface area contributed by atoms with Crippen LogP contribution in [0, 0.1) is 5.92 Å². The third kappa shape index (κ3) is 2.16. The number of para-hydroxylation sites is 2. The molecule has 1 N–H and O–H groups in total. The standard InChI is InChI=1S/C13H16N2O3/c1-14-13(17)9-7-12(16)15(8-9)10-5-3-4-6-11(10)18-2/h3-6,9H,7-8H2,1-2H3,(H,14,17)/t9-/m0/s1. The molecule has 5 heteroatoms. The Morgan fingerprint density at radius 3 is 2.83 bits per heavy atom. The van der Waals surface area contributed by atoms with Crippen LogP contribution in [0.2, 0.25) is 0 Å². The first-order valence-electron chi connectivity index (χ1n) is 5.82. The predicted octanol–water partition coefficient (Wildman–Crippen LogP) is 0.794. The predicted molar refractivity (Wildman–Crippen MR) is 67.5 cm³/mol. The largest absolute Gasteiger partial charge is 0.495 e. The van der Waals surface area contributed by atoms with Gasteiger partial charge in [0.15, 0.2) is 0 Å². The van der Waals surface area contributed by atoms with Crippen LogP contribution in [0.1, 0.15) is 6.42 Å². The molecule has 0 aromatic heterocycles. The van der Waals surface area contributed by atoms with Gasteiger partial charge >= 0.3 is 0 Å². The first kappa shape index (κ1) is 12.4. The Bertz CT molecular complexity index is 473. The van der Waals surface area contributed by atoms with Crippen LogP contribution in [-0.2, 0) is 9.59 Å². The smallest absolute Gasteiger partial charge is 0.227 e. The number of anilines is 1. The molecule has 0 radical (unpaired) electrons. The highest BCUT2D eigenvalue weighted by Gasteiger charge is 2.35. The highest BCUT2D eigenvalue weighted by molar-refractivity contribution is 6.01. The van der Waals surface area contributed by atoms with Crippen molar-refractivity contribution >= 4 is 17.5 Å². The maximum Gasteiger partial charge on any atom is 0.227 e. The summed E-state index contributed by atoms with van der Waals surface area (Å²) in [4.78, 5) is 25.1. The maximum atomic E-state index is 12.0. The van der Waals surface area contributed by atoms with Gasteiger partial charge in [0.25, 0.3) is 0 Å². The summed E-state index contributed by atoms with van der Waals surface area (Å²) in [5.41, 5.74) is 0.719. The Labute approximate surface area is 106 Å². The monoisotopic (exact) mass is 248 g/mol. The van der Waals surface area contributed by atoms with Crippen molar-refractivity contribution < 1.29 is 14.3 Å². The molecule has 1 heterocycles. The van der Waals surface area contributed by atoms with Gasteiger partial charge in [-0.1, -0.05) is 12.1 Å². The van der Waals surface area contributed by atoms with Crippen molar-refractivity contribution in [1.82, 2.24) is 5.32 Å². The Balaban J connectivity index is 2.24. The molecule has 1 atom stereocenters. The van der Waals surface area contributed by atoms with Gasteiger partial charge in [-0.15, -0.1) is 0 Å². The summed E-state index contributed by atoms with van der Waals surface area (Å²) < 4.78 is 5.23. The molecule has 5 nitrogen and oxygen atoms in total. The lowest BCUT2D eigenvalue weighted by Gasteiger charge is -2.19. The summed E-state index contributed by atoms with van der Waals surface area (Å²) in [7, 11) is 3.15. The van der Waals surface area contributed by atoms with Gasteiger partial charge in [-0.2, -0.15) is 0 Å². The van der Waals surface area contributed by atoms with E-state index in [9.17, 15) is 9.59 Å². The average Bonchev–Trinajstić information content (AvgIpc) is 2.79. The second-order valence-corrected chi connectivity index (χ2v) is 4.19. The van der Waals surface area contributed by atoms with E-state index in [0.29, 0.717) is 12.3 Å². The zero-order chi connectivity index (χ0) is 13.1. The van der Waals surface area contributed by atoms with Crippen molar-refractivity contribution in [3.63, 3.8) is 0 Å². The van der Waals surface area contributed by atoms with Gasteiger partial charge in [-0.25, -0.2) is 0 Å². The molecule has 1 aliphatic rings. The fourth-order valence-electron chi connectivity index (χ4n) is 2.17. The molecule has 1 saturated heterocycles. The minimum absolute atomic E-state index is 0.0481. The number of nitrogens with zero attached hydrogens (tertiary/aromatic N) is 1. The molecule has 1 fully saturated rings. The van der Waals surface area contributed by atoms with E-state index >= 15 is 0 Å². The third-order valence-electron chi connectivity index (χ3n) is 3.12. The molecule has 0 spiro atoms. The number of carbonyl (C=O) groups is 2. The fourth-order valence-corrected chi connectivity index (χ4v) is 2.17. The van der Waals surface area contributed by atoms with Crippen molar-refractivity contribution in [1.29, 1.82) is 0 Å². The van der Waals surface area contributed by atoms with Gasteiger partial charge < -0.3 is 15.0 Å². The van der Waals surface area contributed by atoms with Gasteiger partial charge in [0.05, 0.1) is 18.7 Å². The summed E-state index contributed by atoms with van der Waals surface area (Å²) in [5.74, 6) is 0.213. The molecular formula is C13H16N2O3. The number of ether oxygens (including phenoxy) is 1. The number of carbonyl (C=O) groups excluding carboxylic acids is 2. The lowest BCUT2D eigenvalue weighted by atomic mass is 10.1. The number of methoxy groups -OCH3 is 1. The molecule has 1 aliphatic heterocycles. The summed E-state index contributed by atoms with van der Waals surface area (Å²) in [5, 5.41) is 2.58. The Kier molecular flexibility index (Phi) is 3.50. The molecule has 0 aliphatic carbocycles. The number of benzene rings is 1. The van der Waals surface area contributed by atoms with Gasteiger partial charge in [-0.05, 0) is 12.1 Å². The van der Waals surface area contributed by atoms with E-state index in [4.69, 9.17) is 4.74 Å². The third-order valence-corrected chi connectivity index (χ3v) is 3.12. The minimum Gasteiger partial charge on any atom is -0.495 e.